The van der Waals surface area contributed by atoms with Crippen molar-refractivity contribution >= 4 is 17.5 Å². The third kappa shape index (κ3) is 8.32. The molecule has 0 saturated carbocycles. The molecule has 0 amide bonds. The van der Waals surface area contributed by atoms with Crippen molar-refractivity contribution in [1.82, 2.24) is 0 Å². The van der Waals surface area contributed by atoms with Crippen LogP contribution in [-0.2, 0) is 14.3 Å². The largest absolute Gasteiger partial charge is 0.423 e. The lowest BCUT2D eigenvalue weighted by Gasteiger charge is -2.06. The van der Waals surface area contributed by atoms with Crippen LogP contribution in [0.4, 0.5) is 0 Å². The van der Waals surface area contributed by atoms with E-state index in [1.807, 2.05) is 13.8 Å². The highest BCUT2D eigenvalue weighted by Crippen LogP contribution is 2.21. The van der Waals surface area contributed by atoms with E-state index in [4.69, 9.17) is 9.47 Å². The van der Waals surface area contributed by atoms with E-state index in [1.165, 1.54) is 6.08 Å². The maximum Gasteiger partial charge on any atom is 0.338 e. The fourth-order valence-corrected chi connectivity index (χ4v) is 1.70. The number of carbonyl (C=O) groups excluding carboxylic acids is 2. The Labute approximate surface area is 167 Å². The second kappa shape index (κ2) is 12.9. The van der Waals surface area contributed by atoms with E-state index in [0.717, 1.165) is 11.1 Å². The molecule has 148 valence electrons. The summed E-state index contributed by atoms with van der Waals surface area (Å²) >= 11 is 0. The molecular weight excluding hydrogens is 352 g/mol. The molecule has 1 aromatic rings. The molecule has 0 radical (unpaired) electrons. The van der Waals surface area contributed by atoms with Gasteiger partial charge >= 0.3 is 11.9 Å². The van der Waals surface area contributed by atoms with Crippen molar-refractivity contribution in [2.24, 2.45) is 0 Å². The van der Waals surface area contributed by atoms with Crippen LogP contribution in [0.25, 0.3) is 5.57 Å². The predicted octanol–water partition coefficient (Wildman–Crippen LogP) is 5.95. The van der Waals surface area contributed by atoms with E-state index in [2.05, 4.69) is 26.3 Å². The number of hydrogen-bond donors (Lipinski definition) is 0. The summed E-state index contributed by atoms with van der Waals surface area (Å²) in [6, 6.07) is 6.92. The summed E-state index contributed by atoms with van der Waals surface area (Å²) < 4.78 is 10.3. The monoisotopic (exact) mass is 380 g/mol. The van der Waals surface area contributed by atoms with Gasteiger partial charge in [0, 0.05) is 11.1 Å². The van der Waals surface area contributed by atoms with Crippen LogP contribution in [-0.4, -0.2) is 11.9 Å². The lowest BCUT2D eigenvalue weighted by molar-refractivity contribution is -0.134. The Hall–Kier alpha value is -3.40. The van der Waals surface area contributed by atoms with E-state index < -0.39 is 11.9 Å². The van der Waals surface area contributed by atoms with Gasteiger partial charge in [0.2, 0.25) is 0 Å². The van der Waals surface area contributed by atoms with Crippen LogP contribution in [0.2, 0.25) is 0 Å². The van der Waals surface area contributed by atoms with Crippen molar-refractivity contribution in [3.63, 3.8) is 0 Å². The van der Waals surface area contributed by atoms with Gasteiger partial charge in [0.1, 0.15) is 11.5 Å². The minimum absolute atomic E-state index is 0.296. The lowest BCUT2D eigenvalue weighted by atomic mass is 10.1. The zero-order chi connectivity index (χ0) is 21.7. The Morgan fingerprint density at radius 2 is 1.39 bits per heavy atom. The van der Waals surface area contributed by atoms with E-state index in [1.54, 1.807) is 56.3 Å². The molecule has 0 spiro atoms. The van der Waals surface area contributed by atoms with Gasteiger partial charge in [0.25, 0.3) is 0 Å². The van der Waals surface area contributed by atoms with E-state index in [-0.39, 0.29) is 0 Å². The highest BCUT2D eigenvalue weighted by molar-refractivity contribution is 5.89. The Kier molecular flexibility index (Phi) is 11.3. The van der Waals surface area contributed by atoms with Crippen molar-refractivity contribution in [3.8, 4) is 5.75 Å². The summed E-state index contributed by atoms with van der Waals surface area (Å²) in [6.07, 6.45) is 6.44. The zero-order valence-corrected chi connectivity index (χ0v) is 17.1. The normalized spacial score (nSPS) is 10.7. The molecule has 0 N–H and O–H groups in total. The Balaban J connectivity index is 0.00000352. The van der Waals surface area contributed by atoms with Crippen LogP contribution >= 0.6 is 0 Å². The average Bonchev–Trinajstić information content (AvgIpc) is 2.69. The SMILES string of the molecule is C=C/C(=C\C=C(/C=C)c1ccc(OC(=O)C(=C)C)cc1)OC(=O)C(=C)C.CC. The number of hydrogen-bond acceptors (Lipinski definition) is 4. The van der Waals surface area contributed by atoms with Gasteiger partial charge in [0.05, 0.1) is 0 Å². The molecule has 0 fully saturated rings. The molecular formula is C24H28O4. The zero-order valence-electron chi connectivity index (χ0n) is 17.1. The highest BCUT2D eigenvalue weighted by Gasteiger charge is 2.07. The molecule has 4 nitrogen and oxygen atoms in total. The van der Waals surface area contributed by atoms with Crippen LogP contribution in [0, 0.1) is 0 Å². The van der Waals surface area contributed by atoms with Gasteiger partial charge in [-0.25, -0.2) is 9.59 Å². The van der Waals surface area contributed by atoms with Gasteiger partial charge in [-0.3, -0.25) is 0 Å². The van der Waals surface area contributed by atoms with Gasteiger partial charge in [-0.05, 0) is 49.3 Å². The van der Waals surface area contributed by atoms with Crippen molar-refractivity contribution in [2.75, 3.05) is 0 Å². The molecule has 0 unspecified atom stereocenters. The van der Waals surface area contributed by atoms with Gasteiger partial charge in [-0.2, -0.15) is 0 Å². The van der Waals surface area contributed by atoms with Crippen molar-refractivity contribution in [3.05, 3.63) is 97.4 Å². The third-order valence-corrected chi connectivity index (χ3v) is 3.15. The molecule has 0 atom stereocenters. The van der Waals surface area contributed by atoms with Crippen molar-refractivity contribution in [2.45, 2.75) is 27.7 Å². The fourth-order valence-electron chi connectivity index (χ4n) is 1.70. The summed E-state index contributed by atoms with van der Waals surface area (Å²) in [4.78, 5) is 23.1. The fraction of sp³-hybridized carbons (Fsp3) is 0.167. The highest BCUT2D eigenvalue weighted by atomic mass is 16.5. The van der Waals surface area contributed by atoms with Crippen LogP contribution in [0.5, 0.6) is 5.75 Å². The number of esters is 2. The second-order valence-electron chi connectivity index (χ2n) is 5.46. The molecule has 0 heterocycles. The molecule has 0 aliphatic rings. The quantitative estimate of drug-likeness (QED) is 0.184. The maximum absolute atomic E-state index is 11.6. The molecule has 0 aromatic heterocycles. The van der Waals surface area contributed by atoms with E-state index in [9.17, 15) is 9.59 Å². The van der Waals surface area contributed by atoms with Crippen LogP contribution in [0.15, 0.2) is 91.8 Å². The molecule has 1 aromatic carbocycles. The third-order valence-electron chi connectivity index (χ3n) is 3.15. The lowest BCUT2D eigenvalue weighted by Crippen LogP contribution is -2.07. The minimum Gasteiger partial charge on any atom is -0.423 e. The maximum atomic E-state index is 11.6. The van der Waals surface area contributed by atoms with Gasteiger partial charge in [-0.1, -0.05) is 64.4 Å². The molecule has 1 rings (SSSR count). The summed E-state index contributed by atoms with van der Waals surface area (Å²) in [5.74, 6) is -0.282. The smallest absolute Gasteiger partial charge is 0.338 e. The van der Waals surface area contributed by atoms with Crippen molar-refractivity contribution in [1.29, 1.82) is 0 Å². The first-order valence-corrected chi connectivity index (χ1v) is 8.81. The molecule has 0 saturated heterocycles. The first-order chi connectivity index (χ1) is 13.3. The molecule has 4 heteroatoms. The van der Waals surface area contributed by atoms with Gasteiger partial charge in [0.15, 0.2) is 0 Å². The van der Waals surface area contributed by atoms with Gasteiger partial charge in [-0.15, -0.1) is 0 Å². The average molecular weight is 380 g/mol. The van der Waals surface area contributed by atoms with Gasteiger partial charge < -0.3 is 9.47 Å². The van der Waals surface area contributed by atoms with Crippen molar-refractivity contribution < 1.29 is 19.1 Å². The number of allylic oxidation sites excluding steroid dienone is 5. The Bertz CT molecular complexity index is 806. The van der Waals surface area contributed by atoms with Crippen LogP contribution in [0.3, 0.4) is 0 Å². The first-order valence-electron chi connectivity index (χ1n) is 8.81. The molecule has 0 aliphatic carbocycles. The minimum atomic E-state index is -0.520. The summed E-state index contributed by atoms with van der Waals surface area (Å²) in [7, 11) is 0. The summed E-state index contributed by atoms with van der Waals surface area (Å²) in [6.45, 7) is 21.6. The Morgan fingerprint density at radius 3 is 1.82 bits per heavy atom. The number of ether oxygens (including phenoxy) is 2. The molecule has 28 heavy (non-hydrogen) atoms. The summed E-state index contributed by atoms with van der Waals surface area (Å²) in [5, 5.41) is 0. The molecule has 0 bridgehead atoms. The second-order valence-corrected chi connectivity index (χ2v) is 5.46. The van der Waals surface area contributed by atoms with E-state index >= 15 is 0 Å². The number of rotatable bonds is 8. The van der Waals surface area contributed by atoms with E-state index in [0.29, 0.717) is 22.7 Å². The predicted molar refractivity (Wildman–Crippen MR) is 116 cm³/mol. The molecule has 0 aliphatic heterocycles. The number of carbonyl (C=O) groups is 2. The number of benzene rings is 1. The summed E-state index contributed by atoms with van der Waals surface area (Å²) in [5.41, 5.74) is 2.26. The van der Waals surface area contributed by atoms with Crippen LogP contribution in [0.1, 0.15) is 33.3 Å². The van der Waals surface area contributed by atoms with Crippen LogP contribution < -0.4 is 4.74 Å². The Morgan fingerprint density at radius 1 is 0.857 bits per heavy atom. The topological polar surface area (TPSA) is 52.6 Å². The standard InChI is InChI=1S/C22H22O4.C2H6/c1-7-17(9-12-19(8-2)25-21(23)15(3)4)18-10-13-20(14-11-18)26-22(24)16(5)6;1-2/h7-14H,1-3,5H2,4,6H3;1-2H3/b17-9+,19-12+;. The first kappa shape index (κ1) is 24.6.